The Morgan fingerprint density at radius 2 is 1.85 bits per heavy atom. The minimum absolute atomic E-state index is 0.323. The maximum atomic E-state index is 12.2. The fourth-order valence-corrected chi connectivity index (χ4v) is 6.45. The summed E-state index contributed by atoms with van der Waals surface area (Å²) >= 11 is 3.22. The smallest absolute Gasteiger partial charge is 0.303 e. The number of aliphatic imine (C=N–C) groups is 1. The van der Waals surface area contributed by atoms with Crippen LogP contribution in [0.5, 0.6) is 0 Å². The highest BCUT2D eigenvalue weighted by Crippen LogP contribution is 2.41. The molecule has 3 heterocycles. The van der Waals surface area contributed by atoms with Crippen LogP contribution in [-0.2, 0) is 35.1 Å². The number of carbonyl (C=O) groups is 1. The van der Waals surface area contributed by atoms with Crippen LogP contribution in [0.4, 0.5) is 0 Å². The Kier molecular flexibility index (Phi) is 7.88. The highest BCUT2D eigenvalue weighted by molar-refractivity contribution is 8.39. The molecule has 3 aliphatic heterocycles. The quantitative estimate of drug-likeness (QED) is 0.546. The molecular formula is C25H27NO6S2. The zero-order valence-electron chi connectivity index (χ0n) is 18.8. The van der Waals surface area contributed by atoms with Crippen LogP contribution in [0.2, 0.25) is 0 Å². The van der Waals surface area contributed by atoms with Gasteiger partial charge in [-0.2, -0.15) is 0 Å². The van der Waals surface area contributed by atoms with Gasteiger partial charge in [-0.25, -0.2) is 0 Å². The van der Waals surface area contributed by atoms with Gasteiger partial charge in [0, 0.05) is 18.2 Å². The molecule has 34 heavy (non-hydrogen) atoms. The highest BCUT2D eigenvalue weighted by Gasteiger charge is 2.53. The van der Waals surface area contributed by atoms with Gasteiger partial charge in [-0.1, -0.05) is 84.2 Å². The Morgan fingerprint density at radius 3 is 2.56 bits per heavy atom. The topological polar surface area (TPSA) is 75.6 Å². The van der Waals surface area contributed by atoms with Crippen molar-refractivity contribution in [2.45, 2.75) is 49.7 Å². The number of nitrogens with zero attached hydrogens (tertiary/aromatic N) is 1. The van der Waals surface area contributed by atoms with Crippen LogP contribution >= 0.6 is 23.5 Å². The maximum Gasteiger partial charge on any atom is 0.303 e. The molecule has 0 saturated carbocycles. The molecule has 0 spiro atoms. The van der Waals surface area contributed by atoms with Gasteiger partial charge in [-0.3, -0.25) is 9.79 Å². The van der Waals surface area contributed by atoms with E-state index < -0.39 is 36.1 Å². The molecule has 9 heteroatoms. The van der Waals surface area contributed by atoms with Crippen LogP contribution in [0, 0.1) is 0 Å². The van der Waals surface area contributed by atoms with Crippen molar-refractivity contribution in [3.63, 3.8) is 0 Å². The summed E-state index contributed by atoms with van der Waals surface area (Å²) in [6.45, 7) is 2.88. The average Bonchev–Trinajstić information content (AvgIpc) is 3.37. The van der Waals surface area contributed by atoms with Gasteiger partial charge < -0.3 is 23.7 Å². The molecular weight excluding hydrogens is 474 g/mol. The molecule has 0 aliphatic carbocycles. The first-order valence-electron chi connectivity index (χ1n) is 11.3. The lowest BCUT2D eigenvalue weighted by atomic mass is 9.98. The molecule has 0 radical (unpaired) electrons. The molecule has 2 fully saturated rings. The van der Waals surface area contributed by atoms with Gasteiger partial charge in [-0.05, 0) is 5.56 Å². The van der Waals surface area contributed by atoms with Crippen LogP contribution in [0.3, 0.4) is 0 Å². The fourth-order valence-electron chi connectivity index (χ4n) is 4.18. The summed E-state index contributed by atoms with van der Waals surface area (Å²) in [5.41, 5.74) is 1.51. The molecule has 2 saturated heterocycles. The van der Waals surface area contributed by atoms with Crippen molar-refractivity contribution in [1.82, 2.24) is 0 Å². The lowest BCUT2D eigenvalue weighted by Gasteiger charge is -2.48. The Labute approximate surface area is 207 Å². The normalized spacial score (nSPS) is 30.9. The summed E-state index contributed by atoms with van der Waals surface area (Å²) in [6.07, 6.45) is -2.70. The van der Waals surface area contributed by atoms with E-state index in [4.69, 9.17) is 23.7 Å². The zero-order chi connectivity index (χ0) is 23.3. The fraction of sp³-hybridized carbons (Fsp3) is 0.440. The van der Waals surface area contributed by atoms with Gasteiger partial charge in [0.25, 0.3) is 0 Å². The van der Waals surface area contributed by atoms with Gasteiger partial charge in [0.15, 0.2) is 12.4 Å². The number of carbonyl (C=O) groups excluding carboxylic acids is 1. The van der Waals surface area contributed by atoms with E-state index in [0.717, 1.165) is 27.8 Å². The van der Waals surface area contributed by atoms with Crippen molar-refractivity contribution in [3.8, 4) is 0 Å². The summed E-state index contributed by atoms with van der Waals surface area (Å²) in [7, 11) is 0. The largest absolute Gasteiger partial charge is 0.457 e. The molecule has 7 nitrogen and oxygen atoms in total. The van der Waals surface area contributed by atoms with Crippen LogP contribution in [0.15, 0.2) is 65.7 Å². The Bertz CT molecular complexity index is 991. The van der Waals surface area contributed by atoms with Gasteiger partial charge in [0.1, 0.15) is 28.1 Å². The van der Waals surface area contributed by atoms with Crippen molar-refractivity contribution in [2.75, 3.05) is 18.9 Å². The molecule has 0 N–H and O–H groups in total. The standard InChI is InChI=1S/C25H27NO6S2/c1-16(27)30-21-20-19(15-29-23(32-20)18-10-6-3-7-11-18)31-24(34-25-26-12-13-33-25)22(21)28-14-17-8-4-2-5-9-17/h2-11,19-24H,12-15H2,1H3/t19-,20+,21+,22-,23+,24+/m1/s1. The van der Waals surface area contributed by atoms with E-state index in [2.05, 4.69) is 4.99 Å². The third-order valence-electron chi connectivity index (χ3n) is 5.72. The monoisotopic (exact) mass is 501 g/mol. The van der Waals surface area contributed by atoms with Crippen LogP contribution in [0.25, 0.3) is 0 Å². The van der Waals surface area contributed by atoms with E-state index in [-0.39, 0.29) is 5.97 Å². The van der Waals surface area contributed by atoms with E-state index >= 15 is 0 Å². The number of thioether (sulfide) groups is 2. The predicted octanol–water partition coefficient (Wildman–Crippen LogP) is 4.18. The summed E-state index contributed by atoms with van der Waals surface area (Å²) in [6, 6.07) is 19.6. The van der Waals surface area contributed by atoms with Gasteiger partial charge in [0.05, 0.1) is 19.8 Å². The van der Waals surface area contributed by atoms with E-state index in [9.17, 15) is 4.79 Å². The number of esters is 1. The maximum absolute atomic E-state index is 12.2. The first-order valence-corrected chi connectivity index (χ1v) is 13.2. The number of ether oxygens (including phenoxy) is 5. The van der Waals surface area contributed by atoms with Crippen molar-refractivity contribution in [2.24, 2.45) is 4.99 Å². The first-order chi connectivity index (χ1) is 16.7. The van der Waals surface area contributed by atoms with Crippen molar-refractivity contribution >= 4 is 33.9 Å². The Balaban J connectivity index is 1.40. The number of hydrogen-bond acceptors (Lipinski definition) is 9. The van der Waals surface area contributed by atoms with Gasteiger partial charge in [0.2, 0.25) is 0 Å². The molecule has 180 valence electrons. The van der Waals surface area contributed by atoms with E-state index in [0.29, 0.717) is 13.2 Å². The van der Waals surface area contributed by atoms with Crippen LogP contribution in [0.1, 0.15) is 24.3 Å². The van der Waals surface area contributed by atoms with Crippen molar-refractivity contribution in [3.05, 3.63) is 71.8 Å². The SMILES string of the molecule is CC(=O)O[C@H]1[C@H]2O[C@@H](c3ccccc3)OC[C@H]2O[C@@H](SC2=NCCS2)[C@@H]1OCc1ccccc1. The van der Waals surface area contributed by atoms with Crippen LogP contribution in [-0.4, -0.2) is 59.1 Å². The number of hydrogen-bond donors (Lipinski definition) is 0. The number of benzene rings is 2. The van der Waals surface area contributed by atoms with Crippen LogP contribution < -0.4 is 0 Å². The number of rotatable bonds is 6. The summed E-state index contributed by atoms with van der Waals surface area (Å²) in [4.78, 5) is 16.7. The molecule has 0 bridgehead atoms. The van der Waals surface area contributed by atoms with Crippen molar-refractivity contribution in [1.29, 1.82) is 0 Å². The van der Waals surface area contributed by atoms with E-state index in [1.165, 1.54) is 18.7 Å². The lowest BCUT2D eigenvalue weighted by Crippen LogP contribution is -2.62. The minimum atomic E-state index is -0.653. The Morgan fingerprint density at radius 1 is 1.09 bits per heavy atom. The molecule has 0 amide bonds. The third kappa shape index (κ3) is 5.67. The first kappa shape index (κ1) is 23.8. The highest BCUT2D eigenvalue weighted by atomic mass is 32.2. The summed E-state index contributed by atoms with van der Waals surface area (Å²) in [5, 5.41) is 0. The molecule has 2 aromatic carbocycles. The predicted molar refractivity (Wildman–Crippen MR) is 132 cm³/mol. The molecule has 3 aliphatic rings. The van der Waals surface area contributed by atoms with Crippen molar-refractivity contribution < 1.29 is 28.5 Å². The lowest BCUT2D eigenvalue weighted by molar-refractivity contribution is -0.324. The minimum Gasteiger partial charge on any atom is -0.457 e. The average molecular weight is 502 g/mol. The zero-order valence-corrected chi connectivity index (χ0v) is 20.4. The second-order valence-corrected chi connectivity index (χ2v) is 10.6. The third-order valence-corrected chi connectivity index (χ3v) is 8.06. The summed E-state index contributed by atoms with van der Waals surface area (Å²) in [5.74, 6) is 0.566. The van der Waals surface area contributed by atoms with Gasteiger partial charge in [-0.15, -0.1) is 0 Å². The summed E-state index contributed by atoms with van der Waals surface area (Å²) < 4.78 is 32.0. The second kappa shape index (κ2) is 11.2. The molecule has 2 aromatic rings. The van der Waals surface area contributed by atoms with E-state index in [1.807, 2.05) is 60.7 Å². The molecule has 5 rings (SSSR count). The number of fused-ring (bicyclic) bond motifs is 1. The Hall–Kier alpha value is -1.88. The molecule has 0 unspecified atom stereocenters. The molecule has 0 aromatic heterocycles. The molecule has 6 atom stereocenters. The second-order valence-electron chi connectivity index (χ2n) is 8.17. The van der Waals surface area contributed by atoms with Gasteiger partial charge >= 0.3 is 5.97 Å². The van der Waals surface area contributed by atoms with E-state index in [1.54, 1.807) is 11.8 Å².